The molecule has 0 aromatic heterocycles. The minimum atomic E-state index is -3.82. The molecule has 0 aliphatic heterocycles. The average Bonchev–Trinajstić information content (AvgIpc) is 2.61. The third kappa shape index (κ3) is 4.63. The van der Waals surface area contributed by atoms with E-state index in [1.807, 2.05) is 12.1 Å². The van der Waals surface area contributed by atoms with Crippen molar-refractivity contribution >= 4 is 31.9 Å². The Morgan fingerprint density at radius 3 is 2.54 bits per heavy atom. The maximum atomic E-state index is 12.7. The standard InChI is InChI=1S/C18H20BrNO5S/c1-4-25-18(21)13-9-10-17(15(19)11-13)26(22,23)20-12(2)14-7-5-6-8-16(14)24-3/h5-12,20H,4H2,1-3H3/t12-/m1/s1. The van der Waals surface area contributed by atoms with Gasteiger partial charge in [-0.15, -0.1) is 0 Å². The molecule has 140 valence electrons. The first-order valence-corrected chi connectivity index (χ1v) is 10.2. The molecule has 0 spiro atoms. The molecule has 0 bridgehead atoms. The molecule has 0 saturated heterocycles. The number of hydrogen-bond donors (Lipinski definition) is 1. The van der Waals surface area contributed by atoms with Crippen LogP contribution in [0.4, 0.5) is 0 Å². The Kier molecular flexibility index (Phi) is 6.80. The average molecular weight is 442 g/mol. The summed E-state index contributed by atoms with van der Waals surface area (Å²) < 4.78 is 38.6. The molecule has 2 aromatic rings. The van der Waals surface area contributed by atoms with Crippen LogP contribution in [0.1, 0.15) is 35.8 Å². The number of hydrogen-bond acceptors (Lipinski definition) is 5. The molecule has 6 nitrogen and oxygen atoms in total. The van der Waals surface area contributed by atoms with Gasteiger partial charge in [-0.2, -0.15) is 0 Å². The molecule has 0 aliphatic carbocycles. The summed E-state index contributed by atoms with van der Waals surface area (Å²) >= 11 is 3.23. The predicted molar refractivity (Wildman–Crippen MR) is 102 cm³/mol. The third-order valence-corrected chi connectivity index (χ3v) is 6.19. The molecule has 0 heterocycles. The number of para-hydroxylation sites is 1. The molecule has 0 amide bonds. The van der Waals surface area contributed by atoms with Crippen LogP contribution in [0.15, 0.2) is 51.8 Å². The van der Waals surface area contributed by atoms with Gasteiger partial charge in [-0.05, 0) is 54.0 Å². The number of rotatable bonds is 7. The number of carbonyl (C=O) groups is 1. The van der Waals surface area contributed by atoms with Crippen LogP contribution in [-0.4, -0.2) is 28.1 Å². The molecular formula is C18H20BrNO5S. The molecule has 0 unspecified atom stereocenters. The van der Waals surface area contributed by atoms with Crippen LogP contribution in [0.25, 0.3) is 0 Å². The van der Waals surface area contributed by atoms with E-state index in [0.717, 1.165) is 5.56 Å². The molecule has 0 saturated carbocycles. The molecule has 0 fully saturated rings. The van der Waals surface area contributed by atoms with Crippen molar-refractivity contribution < 1.29 is 22.7 Å². The highest BCUT2D eigenvalue weighted by atomic mass is 79.9. The van der Waals surface area contributed by atoms with Gasteiger partial charge in [-0.25, -0.2) is 17.9 Å². The normalized spacial score (nSPS) is 12.5. The lowest BCUT2D eigenvalue weighted by Gasteiger charge is -2.18. The lowest BCUT2D eigenvalue weighted by Crippen LogP contribution is -2.27. The number of ether oxygens (including phenoxy) is 2. The van der Waals surface area contributed by atoms with Gasteiger partial charge >= 0.3 is 5.97 Å². The van der Waals surface area contributed by atoms with Gasteiger partial charge in [0.2, 0.25) is 10.0 Å². The number of esters is 1. The summed E-state index contributed by atoms with van der Waals surface area (Å²) in [4.78, 5) is 11.8. The summed E-state index contributed by atoms with van der Waals surface area (Å²) in [5, 5.41) is 0. The fourth-order valence-corrected chi connectivity index (χ4v) is 4.74. The van der Waals surface area contributed by atoms with Gasteiger partial charge in [0.05, 0.1) is 24.2 Å². The Balaban J connectivity index is 2.28. The Labute approximate surface area is 161 Å². The predicted octanol–water partition coefficient (Wildman–Crippen LogP) is 3.67. The van der Waals surface area contributed by atoms with Gasteiger partial charge in [0.1, 0.15) is 5.75 Å². The first-order valence-electron chi connectivity index (χ1n) is 7.92. The van der Waals surface area contributed by atoms with E-state index < -0.39 is 22.0 Å². The Morgan fingerprint density at radius 2 is 1.92 bits per heavy atom. The number of carbonyl (C=O) groups excluding carboxylic acids is 1. The van der Waals surface area contributed by atoms with Crippen molar-refractivity contribution in [3.63, 3.8) is 0 Å². The minimum absolute atomic E-state index is 0.0345. The Morgan fingerprint density at radius 1 is 1.23 bits per heavy atom. The highest BCUT2D eigenvalue weighted by Gasteiger charge is 2.23. The number of nitrogens with one attached hydrogen (secondary N) is 1. The lowest BCUT2D eigenvalue weighted by molar-refractivity contribution is 0.0526. The fourth-order valence-electron chi connectivity index (χ4n) is 2.44. The summed E-state index contributed by atoms with van der Waals surface area (Å²) in [6.07, 6.45) is 0. The van der Waals surface area contributed by atoms with Crippen molar-refractivity contribution in [1.82, 2.24) is 4.72 Å². The van der Waals surface area contributed by atoms with Crippen molar-refractivity contribution in [2.45, 2.75) is 24.8 Å². The summed E-state index contributed by atoms with van der Waals surface area (Å²) in [5.74, 6) is 0.0897. The summed E-state index contributed by atoms with van der Waals surface area (Å²) in [5.41, 5.74) is 0.994. The van der Waals surface area contributed by atoms with Gasteiger partial charge in [-0.3, -0.25) is 0 Å². The van der Waals surface area contributed by atoms with Crippen LogP contribution in [-0.2, 0) is 14.8 Å². The number of halogens is 1. The van der Waals surface area contributed by atoms with E-state index in [9.17, 15) is 13.2 Å². The van der Waals surface area contributed by atoms with Crippen molar-refractivity contribution in [3.8, 4) is 5.75 Å². The molecule has 2 rings (SSSR count). The Bertz CT molecular complexity index is 898. The van der Waals surface area contributed by atoms with Crippen molar-refractivity contribution in [1.29, 1.82) is 0 Å². The molecule has 0 radical (unpaired) electrons. The van der Waals surface area contributed by atoms with E-state index in [1.54, 1.807) is 26.0 Å². The molecule has 8 heteroatoms. The van der Waals surface area contributed by atoms with Crippen molar-refractivity contribution in [2.24, 2.45) is 0 Å². The molecule has 0 aliphatic rings. The number of sulfonamides is 1. The zero-order valence-electron chi connectivity index (χ0n) is 14.7. The summed E-state index contributed by atoms with van der Waals surface area (Å²) in [7, 11) is -2.29. The molecule has 26 heavy (non-hydrogen) atoms. The van der Waals surface area contributed by atoms with E-state index in [2.05, 4.69) is 20.7 Å². The van der Waals surface area contributed by atoms with Crippen LogP contribution in [0.2, 0.25) is 0 Å². The fraction of sp³-hybridized carbons (Fsp3) is 0.278. The number of benzene rings is 2. The highest BCUT2D eigenvalue weighted by molar-refractivity contribution is 9.10. The quantitative estimate of drug-likeness (QED) is 0.662. The SMILES string of the molecule is CCOC(=O)c1ccc(S(=O)(=O)N[C@H](C)c2ccccc2OC)c(Br)c1. The second-order valence-electron chi connectivity index (χ2n) is 5.45. The van der Waals surface area contributed by atoms with Gasteiger partial charge in [0, 0.05) is 16.1 Å². The highest BCUT2D eigenvalue weighted by Crippen LogP contribution is 2.28. The third-order valence-electron chi connectivity index (χ3n) is 3.67. The smallest absolute Gasteiger partial charge is 0.338 e. The van der Waals surface area contributed by atoms with E-state index in [0.29, 0.717) is 5.75 Å². The second kappa shape index (κ2) is 8.66. The van der Waals surface area contributed by atoms with E-state index in [4.69, 9.17) is 9.47 Å². The van der Waals surface area contributed by atoms with Crippen LogP contribution >= 0.6 is 15.9 Å². The van der Waals surface area contributed by atoms with Crippen LogP contribution in [0, 0.1) is 0 Å². The number of methoxy groups -OCH3 is 1. The van der Waals surface area contributed by atoms with Crippen LogP contribution < -0.4 is 9.46 Å². The monoisotopic (exact) mass is 441 g/mol. The first-order chi connectivity index (χ1) is 12.3. The lowest BCUT2D eigenvalue weighted by atomic mass is 10.1. The molecule has 2 aromatic carbocycles. The maximum Gasteiger partial charge on any atom is 0.338 e. The molecular weight excluding hydrogens is 422 g/mol. The zero-order valence-corrected chi connectivity index (χ0v) is 17.1. The van der Waals surface area contributed by atoms with Crippen LogP contribution in [0.5, 0.6) is 5.75 Å². The van der Waals surface area contributed by atoms with E-state index >= 15 is 0 Å². The van der Waals surface area contributed by atoms with E-state index in [1.165, 1.54) is 25.3 Å². The maximum absolute atomic E-state index is 12.7. The van der Waals surface area contributed by atoms with Gasteiger partial charge in [0.15, 0.2) is 0 Å². The summed E-state index contributed by atoms with van der Waals surface area (Å²) in [6.45, 7) is 3.68. The zero-order chi connectivity index (χ0) is 19.3. The van der Waals surface area contributed by atoms with E-state index in [-0.39, 0.29) is 21.5 Å². The topological polar surface area (TPSA) is 81.7 Å². The summed E-state index contributed by atoms with van der Waals surface area (Å²) in [6, 6.07) is 10.9. The van der Waals surface area contributed by atoms with Gasteiger partial charge in [-0.1, -0.05) is 18.2 Å². The molecule has 1 N–H and O–H groups in total. The first kappa shape index (κ1) is 20.4. The van der Waals surface area contributed by atoms with Gasteiger partial charge in [0.25, 0.3) is 0 Å². The second-order valence-corrected chi connectivity index (χ2v) is 7.99. The van der Waals surface area contributed by atoms with Crippen molar-refractivity contribution in [3.05, 3.63) is 58.1 Å². The Hall–Kier alpha value is -1.90. The van der Waals surface area contributed by atoms with Crippen LogP contribution in [0.3, 0.4) is 0 Å². The molecule has 1 atom stereocenters. The largest absolute Gasteiger partial charge is 0.496 e. The minimum Gasteiger partial charge on any atom is -0.496 e. The van der Waals surface area contributed by atoms with Crippen molar-refractivity contribution in [2.75, 3.05) is 13.7 Å². The van der Waals surface area contributed by atoms with Gasteiger partial charge < -0.3 is 9.47 Å².